The van der Waals surface area contributed by atoms with Gasteiger partial charge in [0, 0.05) is 32.1 Å². The maximum Gasteiger partial charge on any atom is 0.232 e. The molecule has 0 saturated carbocycles. The van der Waals surface area contributed by atoms with E-state index in [0.717, 1.165) is 62.8 Å². The molecule has 1 N–H and O–H groups in total. The molecule has 0 bridgehead atoms. The van der Waals surface area contributed by atoms with Crippen molar-refractivity contribution in [1.29, 1.82) is 0 Å². The Morgan fingerprint density at radius 2 is 1.86 bits per heavy atom. The van der Waals surface area contributed by atoms with Gasteiger partial charge in [-0.15, -0.1) is 22.6 Å². The fraction of sp³-hybridized carbons (Fsp3) is 0.571. The Labute approximate surface area is 173 Å². The van der Waals surface area contributed by atoms with E-state index in [0.29, 0.717) is 5.92 Å². The van der Waals surface area contributed by atoms with Crippen molar-refractivity contribution in [2.24, 2.45) is 0 Å². The molecule has 0 aliphatic carbocycles. The van der Waals surface area contributed by atoms with E-state index >= 15 is 0 Å². The Bertz CT molecular complexity index is 839. The zero-order valence-electron chi connectivity index (χ0n) is 16.9. The molecular weight excluding hydrogens is 374 g/mol. The van der Waals surface area contributed by atoms with Crippen molar-refractivity contribution in [3.8, 4) is 0 Å². The second kappa shape index (κ2) is 8.21. The van der Waals surface area contributed by atoms with Crippen LogP contribution in [0.1, 0.15) is 55.4 Å². The first-order valence-electron chi connectivity index (χ1n) is 9.96. The number of fused-ring (bicyclic) bond motifs is 1. The lowest BCUT2D eigenvalue weighted by Crippen LogP contribution is -2.47. The maximum atomic E-state index is 13.3. The molecule has 152 valence electrons. The van der Waals surface area contributed by atoms with Gasteiger partial charge in [-0.3, -0.25) is 4.79 Å². The SMILES string of the molecule is Cc1ccccc1C(C)(C)C(=O)N1CCC(c2nnc3n2CCNC3)CC1.Cl. The van der Waals surface area contributed by atoms with Gasteiger partial charge >= 0.3 is 0 Å². The summed E-state index contributed by atoms with van der Waals surface area (Å²) in [7, 11) is 0. The van der Waals surface area contributed by atoms with Gasteiger partial charge < -0.3 is 14.8 Å². The summed E-state index contributed by atoms with van der Waals surface area (Å²) in [5.74, 6) is 2.77. The molecule has 2 aliphatic rings. The third kappa shape index (κ3) is 3.67. The number of hydrogen-bond donors (Lipinski definition) is 1. The number of aromatic nitrogens is 3. The van der Waals surface area contributed by atoms with Gasteiger partial charge in [0.25, 0.3) is 0 Å². The average molecular weight is 404 g/mol. The molecule has 6 nitrogen and oxygen atoms in total. The number of amides is 1. The molecule has 0 unspecified atom stereocenters. The number of aryl methyl sites for hydroxylation is 1. The minimum atomic E-state index is -0.502. The molecule has 28 heavy (non-hydrogen) atoms. The smallest absolute Gasteiger partial charge is 0.232 e. The summed E-state index contributed by atoms with van der Waals surface area (Å²) in [6, 6.07) is 8.21. The summed E-state index contributed by atoms with van der Waals surface area (Å²) < 4.78 is 2.27. The summed E-state index contributed by atoms with van der Waals surface area (Å²) in [6.07, 6.45) is 1.92. The quantitative estimate of drug-likeness (QED) is 0.855. The van der Waals surface area contributed by atoms with Crippen LogP contribution in [0.4, 0.5) is 0 Å². The van der Waals surface area contributed by atoms with Crippen LogP contribution < -0.4 is 5.32 Å². The van der Waals surface area contributed by atoms with Crippen LogP contribution in [0.25, 0.3) is 0 Å². The summed E-state index contributed by atoms with van der Waals surface area (Å²) >= 11 is 0. The van der Waals surface area contributed by atoms with Gasteiger partial charge in [-0.1, -0.05) is 24.3 Å². The molecular formula is C21H30ClN5O. The zero-order valence-corrected chi connectivity index (χ0v) is 17.8. The molecule has 2 aromatic rings. The van der Waals surface area contributed by atoms with E-state index in [4.69, 9.17) is 0 Å². The normalized spacial score (nSPS) is 17.8. The highest BCUT2D eigenvalue weighted by molar-refractivity contribution is 5.88. The number of hydrogen-bond acceptors (Lipinski definition) is 4. The summed E-state index contributed by atoms with van der Waals surface area (Å²) in [5.41, 5.74) is 1.79. The predicted molar refractivity (Wildman–Crippen MR) is 112 cm³/mol. The standard InChI is InChI=1S/C21H29N5O.ClH/c1-15-6-4-5-7-17(15)21(2,3)20(27)25-11-8-16(9-12-25)19-24-23-18-14-22-10-13-26(18)19;/h4-7,16,22H,8-14H2,1-3H3;1H. The second-order valence-electron chi connectivity index (χ2n) is 8.31. The van der Waals surface area contributed by atoms with Crippen LogP contribution in [0, 0.1) is 6.92 Å². The molecule has 7 heteroatoms. The van der Waals surface area contributed by atoms with Gasteiger partial charge in [0.1, 0.15) is 11.6 Å². The van der Waals surface area contributed by atoms with Crippen molar-refractivity contribution < 1.29 is 4.79 Å². The molecule has 0 spiro atoms. The Hall–Kier alpha value is -1.92. The minimum absolute atomic E-state index is 0. The number of nitrogens with zero attached hydrogens (tertiary/aromatic N) is 4. The van der Waals surface area contributed by atoms with E-state index in [1.54, 1.807) is 0 Å². The topological polar surface area (TPSA) is 63.1 Å². The van der Waals surface area contributed by atoms with Crippen LogP contribution in [-0.2, 0) is 23.3 Å². The predicted octanol–water partition coefficient (Wildman–Crippen LogP) is 2.80. The molecule has 1 saturated heterocycles. The van der Waals surface area contributed by atoms with E-state index in [1.807, 2.05) is 30.9 Å². The Kier molecular flexibility index (Phi) is 6.10. The fourth-order valence-electron chi connectivity index (χ4n) is 4.54. The van der Waals surface area contributed by atoms with E-state index in [2.05, 4.69) is 39.1 Å². The molecule has 0 atom stereocenters. The number of rotatable bonds is 3. The summed E-state index contributed by atoms with van der Waals surface area (Å²) in [5, 5.41) is 12.2. The Morgan fingerprint density at radius 1 is 1.14 bits per heavy atom. The van der Waals surface area contributed by atoms with Crippen LogP contribution in [0.5, 0.6) is 0 Å². The van der Waals surface area contributed by atoms with E-state index in [1.165, 1.54) is 5.56 Å². The summed E-state index contributed by atoms with van der Waals surface area (Å²) in [4.78, 5) is 15.3. The van der Waals surface area contributed by atoms with Crippen molar-refractivity contribution >= 4 is 18.3 Å². The summed E-state index contributed by atoms with van der Waals surface area (Å²) in [6.45, 7) is 10.5. The van der Waals surface area contributed by atoms with Crippen molar-refractivity contribution in [2.75, 3.05) is 19.6 Å². The molecule has 3 heterocycles. The van der Waals surface area contributed by atoms with E-state index in [9.17, 15) is 4.79 Å². The van der Waals surface area contributed by atoms with Crippen molar-refractivity contribution in [3.05, 3.63) is 47.0 Å². The highest BCUT2D eigenvalue weighted by Crippen LogP contribution is 2.33. The van der Waals surface area contributed by atoms with Crippen molar-refractivity contribution in [2.45, 2.75) is 58.0 Å². The highest BCUT2D eigenvalue weighted by Gasteiger charge is 2.37. The largest absolute Gasteiger partial charge is 0.342 e. The molecule has 1 aromatic carbocycles. The Morgan fingerprint density at radius 3 is 2.57 bits per heavy atom. The van der Waals surface area contributed by atoms with Crippen LogP contribution in [-0.4, -0.2) is 45.2 Å². The first kappa shape index (κ1) is 20.8. The molecule has 1 aromatic heterocycles. The number of benzene rings is 1. The molecule has 1 amide bonds. The zero-order chi connectivity index (χ0) is 19.0. The Balaban J connectivity index is 0.00000225. The fourth-order valence-corrected chi connectivity index (χ4v) is 4.54. The lowest BCUT2D eigenvalue weighted by molar-refractivity contribution is -0.137. The lowest BCUT2D eigenvalue weighted by Gasteiger charge is -2.37. The number of nitrogens with one attached hydrogen (secondary N) is 1. The van der Waals surface area contributed by atoms with Crippen LogP contribution in [0.3, 0.4) is 0 Å². The van der Waals surface area contributed by atoms with Gasteiger partial charge in [0.15, 0.2) is 0 Å². The number of likely N-dealkylation sites (tertiary alicyclic amines) is 1. The average Bonchev–Trinajstić information content (AvgIpc) is 3.12. The maximum absolute atomic E-state index is 13.3. The molecule has 4 rings (SSSR count). The van der Waals surface area contributed by atoms with Crippen LogP contribution in [0.15, 0.2) is 24.3 Å². The van der Waals surface area contributed by atoms with Gasteiger partial charge in [-0.05, 0) is 44.7 Å². The number of carbonyl (C=O) groups is 1. The third-order valence-corrected chi connectivity index (χ3v) is 6.15. The number of halogens is 1. The molecule has 0 radical (unpaired) electrons. The van der Waals surface area contributed by atoms with Crippen molar-refractivity contribution in [1.82, 2.24) is 25.0 Å². The minimum Gasteiger partial charge on any atom is -0.342 e. The number of piperidine rings is 1. The molecule has 2 aliphatic heterocycles. The first-order valence-corrected chi connectivity index (χ1v) is 9.96. The molecule has 1 fully saturated rings. The van der Waals surface area contributed by atoms with Crippen molar-refractivity contribution in [3.63, 3.8) is 0 Å². The van der Waals surface area contributed by atoms with Gasteiger partial charge in [-0.25, -0.2) is 0 Å². The van der Waals surface area contributed by atoms with Crippen LogP contribution in [0.2, 0.25) is 0 Å². The van der Waals surface area contributed by atoms with Gasteiger partial charge in [0.05, 0.1) is 12.0 Å². The van der Waals surface area contributed by atoms with Gasteiger partial charge in [-0.2, -0.15) is 0 Å². The van der Waals surface area contributed by atoms with Crippen LogP contribution >= 0.6 is 12.4 Å². The third-order valence-electron chi connectivity index (χ3n) is 6.15. The van der Waals surface area contributed by atoms with E-state index in [-0.39, 0.29) is 18.3 Å². The highest BCUT2D eigenvalue weighted by atomic mass is 35.5. The first-order chi connectivity index (χ1) is 13.0. The monoisotopic (exact) mass is 403 g/mol. The lowest BCUT2D eigenvalue weighted by atomic mass is 9.80. The second-order valence-corrected chi connectivity index (χ2v) is 8.31. The van der Waals surface area contributed by atoms with Gasteiger partial charge in [0.2, 0.25) is 5.91 Å². The number of carbonyl (C=O) groups excluding carboxylic acids is 1. The van der Waals surface area contributed by atoms with E-state index < -0.39 is 5.41 Å².